The largest absolute Gasteiger partial charge is 0.383 e. The van der Waals surface area contributed by atoms with E-state index in [-0.39, 0.29) is 5.56 Å². The molecule has 1 aliphatic rings. The van der Waals surface area contributed by atoms with Crippen molar-refractivity contribution in [3.63, 3.8) is 0 Å². The lowest BCUT2D eigenvalue weighted by Gasteiger charge is -2.36. The molecule has 1 aliphatic heterocycles. The molecule has 1 saturated heterocycles. The van der Waals surface area contributed by atoms with Crippen molar-refractivity contribution in [2.45, 2.75) is 13.5 Å². The first-order valence-electron chi connectivity index (χ1n) is 9.43. The number of aryl methyl sites for hydroxylation is 1. The average molecular weight is 380 g/mol. The molecule has 0 amide bonds. The minimum Gasteiger partial charge on any atom is -0.383 e. The summed E-state index contributed by atoms with van der Waals surface area (Å²) in [6, 6.07) is 7.78. The Hall–Kier alpha value is -3.00. The first kappa shape index (κ1) is 18.4. The SMILES string of the molecule is COCCn1cnc2cc(N3CCN(c4nccc(C)n4)CC3)ccc2c1=O. The standard InChI is InChI=1S/C20H24N6O2/c1-15-5-6-21-20(23-15)25-9-7-24(8-10-25)16-3-4-17-18(13-16)22-14-26(19(17)27)11-12-28-2/h3-6,13-14H,7-12H2,1-2H3. The molecule has 3 heterocycles. The number of piperazine rings is 1. The van der Waals surface area contributed by atoms with E-state index in [1.165, 1.54) is 0 Å². The molecule has 28 heavy (non-hydrogen) atoms. The van der Waals surface area contributed by atoms with Gasteiger partial charge in [-0.05, 0) is 31.2 Å². The molecule has 0 atom stereocenters. The number of hydrogen-bond acceptors (Lipinski definition) is 7. The van der Waals surface area contributed by atoms with Gasteiger partial charge < -0.3 is 14.5 Å². The molecule has 0 saturated carbocycles. The fourth-order valence-corrected chi connectivity index (χ4v) is 3.45. The maximum atomic E-state index is 12.6. The third-order valence-corrected chi connectivity index (χ3v) is 5.05. The summed E-state index contributed by atoms with van der Waals surface area (Å²) in [5, 5.41) is 0.633. The van der Waals surface area contributed by atoms with Gasteiger partial charge in [0, 0.05) is 50.9 Å². The summed E-state index contributed by atoms with van der Waals surface area (Å²) in [4.78, 5) is 30.5. The van der Waals surface area contributed by atoms with Gasteiger partial charge in [-0.1, -0.05) is 0 Å². The van der Waals surface area contributed by atoms with Crippen LogP contribution in [0.1, 0.15) is 5.69 Å². The van der Waals surface area contributed by atoms with Gasteiger partial charge >= 0.3 is 0 Å². The van der Waals surface area contributed by atoms with Gasteiger partial charge in [-0.3, -0.25) is 9.36 Å². The van der Waals surface area contributed by atoms with Gasteiger partial charge in [-0.15, -0.1) is 0 Å². The Morgan fingerprint density at radius 1 is 1.07 bits per heavy atom. The molecule has 0 bridgehead atoms. The smallest absolute Gasteiger partial charge is 0.261 e. The fraction of sp³-hybridized carbons (Fsp3) is 0.400. The minimum absolute atomic E-state index is 0.0324. The lowest BCUT2D eigenvalue weighted by atomic mass is 10.2. The van der Waals surface area contributed by atoms with Crippen LogP contribution in [0.5, 0.6) is 0 Å². The van der Waals surface area contributed by atoms with E-state index in [9.17, 15) is 4.79 Å². The molecule has 8 nitrogen and oxygen atoms in total. The van der Waals surface area contributed by atoms with Gasteiger partial charge in [-0.25, -0.2) is 15.0 Å². The molecule has 0 unspecified atom stereocenters. The summed E-state index contributed by atoms with van der Waals surface area (Å²) < 4.78 is 6.64. The van der Waals surface area contributed by atoms with Crippen molar-refractivity contribution in [1.82, 2.24) is 19.5 Å². The van der Waals surface area contributed by atoms with E-state index < -0.39 is 0 Å². The molecular weight excluding hydrogens is 356 g/mol. The molecule has 1 fully saturated rings. The van der Waals surface area contributed by atoms with Crippen molar-refractivity contribution in [3.05, 3.63) is 52.8 Å². The summed E-state index contributed by atoms with van der Waals surface area (Å²) in [5.74, 6) is 0.788. The molecular formula is C20H24N6O2. The number of benzene rings is 1. The third kappa shape index (κ3) is 3.68. The van der Waals surface area contributed by atoms with E-state index >= 15 is 0 Å². The highest BCUT2D eigenvalue weighted by Gasteiger charge is 2.20. The van der Waals surface area contributed by atoms with Crippen molar-refractivity contribution in [1.29, 1.82) is 0 Å². The third-order valence-electron chi connectivity index (χ3n) is 5.05. The highest BCUT2D eigenvalue weighted by molar-refractivity contribution is 5.81. The van der Waals surface area contributed by atoms with E-state index in [2.05, 4.69) is 24.8 Å². The quantitative estimate of drug-likeness (QED) is 0.663. The van der Waals surface area contributed by atoms with Crippen LogP contribution in [0.25, 0.3) is 10.9 Å². The Morgan fingerprint density at radius 2 is 1.86 bits per heavy atom. The molecule has 146 valence electrons. The van der Waals surface area contributed by atoms with Crippen LogP contribution in [0.2, 0.25) is 0 Å². The second kappa shape index (κ2) is 7.93. The summed E-state index contributed by atoms with van der Waals surface area (Å²) >= 11 is 0. The van der Waals surface area contributed by atoms with Crippen molar-refractivity contribution >= 4 is 22.5 Å². The first-order chi connectivity index (χ1) is 13.7. The highest BCUT2D eigenvalue weighted by atomic mass is 16.5. The number of nitrogens with zero attached hydrogens (tertiary/aromatic N) is 6. The fourth-order valence-electron chi connectivity index (χ4n) is 3.45. The van der Waals surface area contributed by atoms with Gasteiger partial charge in [0.15, 0.2) is 0 Å². The minimum atomic E-state index is -0.0324. The first-order valence-corrected chi connectivity index (χ1v) is 9.43. The Balaban J connectivity index is 1.50. The second-order valence-electron chi connectivity index (χ2n) is 6.91. The predicted octanol–water partition coefficient (Wildman–Crippen LogP) is 1.47. The highest BCUT2D eigenvalue weighted by Crippen LogP contribution is 2.21. The molecule has 3 aromatic rings. The van der Waals surface area contributed by atoms with Gasteiger partial charge in [-0.2, -0.15) is 0 Å². The number of ether oxygens (including phenoxy) is 1. The van der Waals surface area contributed by atoms with E-state index in [1.807, 2.05) is 31.2 Å². The molecule has 8 heteroatoms. The number of rotatable bonds is 5. The van der Waals surface area contributed by atoms with Crippen molar-refractivity contribution in [2.24, 2.45) is 0 Å². The summed E-state index contributed by atoms with van der Waals surface area (Å²) in [6.07, 6.45) is 3.40. The van der Waals surface area contributed by atoms with Crippen molar-refractivity contribution in [2.75, 3.05) is 49.7 Å². The number of hydrogen-bond donors (Lipinski definition) is 0. The second-order valence-corrected chi connectivity index (χ2v) is 6.91. The van der Waals surface area contributed by atoms with E-state index in [4.69, 9.17) is 4.74 Å². The van der Waals surface area contributed by atoms with Crippen LogP contribution in [0.3, 0.4) is 0 Å². The maximum absolute atomic E-state index is 12.6. The molecule has 1 aromatic carbocycles. The molecule has 0 N–H and O–H groups in total. The number of fused-ring (bicyclic) bond motifs is 1. The Bertz CT molecular complexity index is 1030. The van der Waals surface area contributed by atoms with Crippen LogP contribution >= 0.6 is 0 Å². The topological polar surface area (TPSA) is 76.4 Å². The van der Waals surface area contributed by atoms with Crippen LogP contribution in [-0.4, -0.2) is 59.4 Å². The lowest BCUT2D eigenvalue weighted by molar-refractivity contribution is 0.186. The Kier molecular flexibility index (Phi) is 5.21. The van der Waals surface area contributed by atoms with E-state index in [1.54, 1.807) is 24.2 Å². The molecule has 0 radical (unpaired) electrons. The van der Waals surface area contributed by atoms with Crippen LogP contribution < -0.4 is 15.4 Å². The molecule has 4 rings (SSSR count). The molecule has 0 aliphatic carbocycles. The van der Waals surface area contributed by atoms with E-state index in [0.29, 0.717) is 18.5 Å². The average Bonchev–Trinajstić information content (AvgIpc) is 2.73. The molecule has 0 spiro atoms. The normalized spacial score (nSPS) is 14.6. The predicted molar refractivity (Wildman–Crippen MR) is 109 cm³/mol. The van der Waals surface area contributed by atoms with Crippen molar-refractivity contribution < 1.29 is 4.74 Å². The van der Waals surface area contributed by atoms with E-state index in [0.717, 1.165) is 49.0 Å². The van der Waals surface area contributed by atoms with Crippen molar-refractivity contribution in [3.8, 4) is 0 Å². The van der Waals surface area contributed by atoms with Gasteiger partial charge in [0.1, 0.15) is 0 Å². The van der Waals surface area contributed by atoms with Crippen LogP contribution in [0, 0.1) is 6.92 Å². The van der Waals surface area contributed by atoms with Crippen LogP contribution in [-0.2, 0) is 11.3 Å². The zero-order chi connectivity index (χ0) is 19.5. The van der Waals surface area contributed by atoms with Gasteiger partial charge in [0.25, 0.3) is 5.56 Å². The summed E-state index contributed by atoms with van der Waals surface area (Å²) in [5.41, 5.74) is 2.75. The lowest BCUT2D eigenvalue weighted by Crippen LogP contribution is -2.47. The Morgan fingerprint density at radius 3 is 2.61 bits per heavy atom. The van der Waals surface area contributed by atoms with Crippen LogP contribution in [0.4, 0.5) is 11.6 Å². The zero-order valence-corrected chi connectivity index (χ0v) is 16.2. The number of methoxy groups -OCH3 is 1. The maximum Gasteiger partial charge on any atom is 0.261 e. The Labute approximate surface area is 163 Å². The monoisotopic (exact) mass is 380 g/mol. The molecule has 2 aromatic heterocycles. The zero-order valence-electron chi connectivity index (χ0n) is 16.2. The van der Waals surface area contributed by atoms with Gasteiger partial charge in [0.05, 0.1) is 30.4 Å². The van der Waals surface area contributed by atoms with Gasteiger partial charge in [0.2, 0.25) is 5.95 Å². The van der Waals surface area contributed by atoms with Crippen LogP contribution in [0.15, 0.2) is 41.6 Å². The summed E-state index contributed by atoms with van der Waals surface area (Å²) in [6.45, 7) is 6.42. The number of aromatic nitrogens is 4. The number of anilines is 2. The summed E-state index contributed by atoms with van der Waals surface area (Å²) in [7, 11) is 1.62.